The second-order valence-corrected chi connectivity index (χ2v) is 8.76. The van der Waals surface area contributed by atoms with Gasteiger partial charge in [-0.25, -0.2) is 4.79 Å². The van der Waals surface area contributed by atoms with Gasteiger partial charge in [0, 0.05) is 18.2 Å². The molecule has 0 heterocycles. The lowest BCUT2D eigenvalue weighted by atomic mass is 10.0. The summed E-state index contributed by atoms with van der Waals surface area (Å²) in [5.41, 5.74) is 1.23. The molecule has 1 unspecified atom stereocenters. The van der Waals surface area contributed by atoms with E-state index in [1.807, 2.05) is 6.07 Å². The number of nitrogens with zero attached hydrogens (tertiary/aromatic N) is 1. The van der Waals surface area contributed by atoms with Gasteiger partial charge in [-0.3, -0.25) is 10.1 Å². The molecule has 0 aromatic heterocycles. The summed E-state index contributed by atoms with van der Waals surface area (Å²) in [6, 6.07) is 6.97. The highest BCUT2D eigenvalue weighted by atomic mass is 16.6. The summed E-state index contributed by atoms with van der Waals surface area (Å²) in [5, 5.41) is 10.8. The molecule has 1 aromatic rings. The molecular formula is C27H43NO4. The molecule has 1 aromatic carbocycles. The summed E-state index contributed by atoms with van der Waals surface area (Å²) in [6.45, 7) is 5.73. The number of nitro groups is 1. The maximum atomic E-state index is 11.6. The molecule has 0 saturated carbocycles. The molecule has 5 nitrogen and oxygen atoms in total. The van der Waals surface area contributed by atoms with Crippen molar-refractivity contribution in [3.63, 3.8) is 0 Å². The third kappa shape index (κ3) is 14.0. The molecule has 0 aliphatic rings. The van der Waals surface area contributed by atoms with Crippen LogP contribution in [0.25, 0.3) is 0 Å². The molecule has 0 spiro atoms. The first-order valence-corrected chi connectivity index (χ1v) is 12.6. The normalized spacial score (nSPS) is 11.8. The monoisotopic (exact) mass is 445 g/mol. The van der Waals surface area contributed by atoms with Gasteiger partial charge in [0.05, 0.1) is 4.92 Å². The highest BCUT2D eigenvalue weighted by Crippen LogP contribution is 2.18. The Morgan fingerprint density at radius 2 is 1.53 bits per heavy atom. The van der Waals surface area contributed by atoms with Crippen molar-refractivity contribution >= 4 is 11.7 Å². The molecule has 0 radical (unpaired) electrons. The summed E-state index contributed by atoms with van der Waals surface area (Å²) in [6.07, 6.45) is 19.7. The Kier molecular flexibility index (Phi) is 16.0. The molecule has 0 N–H and O–H groups in total. The van der Waals surface area contributed by atoms with Gasteiger partial charge in [0.15, 0.2) is 0 Å². The Labute approximate surface area is 194 Å². The van der Waals surface area contributed by atoms with Gasteiger partial charge in [0.1, 0.15) is 6.10 Å². The van der Waals surface area contributed by atoms with Crippen molar-refractivity contribution in [2.45, 2.75) is 116 Å². The topological polar surface area (TPSA) is 69.4 Å². The maximum Gasteiger partial charge on any atom is 0.330 e. The fraction of sp³-hybridized carbons (Fsp3) is 0.667. The molecule has 0 amide bonds. The standard InChI is InChI=1S/C27H43NO4/c1-3-5-6-11-15-21-26(32-27(29)4-2)22-16-13-10-8-7-9-12-14-18-24-19-17-20-25(23-24)28(30)31/h4,17,19-20,23,26H,2-3,5-16,18,21-22H2,1H3. The number of nitro benzene ring substituents is 1. The molecule has 180 valence electrons. The van der Waals surface area contributed by atoms with Crippen LogP contribution in [0.5, 0.6) is 0 Å². The van der Waals surface area contributed by atoms with Gasteiger partial charge in [-0.2, -0.15) is 0 Å². The van der Waals surface area contributed by atoms with E-state index < -0.39 is 0 Å². The number of benzene rings is 1. The molecule has 1 rings (SSSR count). The smallest absolute Gasteiger partial charge is 0.330 e. The number of carbonyl (C=O) groups is 1. The predicted octanol–water partition coefficient (Wildman–Crippen LogP) is 8.11. The number of hydrogen-bond donors (Lipinski definition) is 0. The van der Waals surface area contributed by atoms with Crippen molar-refractivity contribution in [1.29, 1.82) is 0 Å². The van der Waals surface area contributed by atoms with Crippen LogP contribution in [0.15, 0.2) is 36.9 Å². The Balaban J connectivity index is 2.07. The maximum absolute atomic E-state index is 11.6. The van der Waals surface area contributed by atoms with Gasteiger partial charge in [0.2, 0.25) is 0 Å². The fourth-order valence-corrected chi connectivity index (χ4v) is 4.04. The number of non-ortho nitro benzene ring substituents is 1. The van der Waals surface area contributed by atoms with Crippen molar-refractivity contribution in [1.82, 2.24) is 0 Å². The summed E-state index contributed by atoms with van der Waals surface area (Å²) in [5.74, 6) is -0.298. The molecule has 0 bridgehead atoms. The molecule has 0 saturated heterocycles. The Bertz CT molecular complexity index is 659. The molecule has 1 atom stereocenters. The zero-order valence-corrected chi connectivity index (χ0v) is 20.1. The van der Waals surface area contributed by atoms with Crippen LogP contribution < -0.4 is 0 Å². The van der Waals surface area contributed by atoms with E-state index in [2.05, 4.69) is 13.5 Å². The average molecular weight is 446 g/mol. The van der Waals surface area contributed by atoms with E-state index in [0.717, 1.165) is 44.1 Å². The van der Waals surface area contributed by atoms with Gasteiger partial charge >= 0.3 is 5.97 Å². The summed E-state index contributed by atoms with van der Waals surface area (Å²) in [7, 11) is 0. The van der Waals surface area contributed by atoms with Crippen LogP contribution >= 0.6 is 0 Å². The number of hydrogen-bond acceptors (Lipinski definition) is 4. The largest absolute Gasteiger partial charge is 0.459 e. The predicted molar refractivity (Wildman–Crippen MR) is 132 cm³/mol. The summed E-state index contributed by atoms with van der Waals surface area (Å²) in [4.78, 5) is 22.1. The minimum Gasteiger partial charge on any atom is -0.459 e. The summed E-state index contributed by atoms with van der Waals surface area (Å²) < 4.78 is 5.54. The average Bonchev–Trinajstić information content (AvgIpc) is 2.79. The van der Waals surface area contributed by atoms with Crippen molar-refractivity contribution in [3.8, 4) is 0 Å². The second-order valence-electron chi connectivity index (χ2n) is 8.76. The highest BCUT2D eigenvalue weighted by molar-refractivity contribution is 5.81. The molecule has 0 fully saturated rings. The van der Waals surface area contributed by atoms with Crippen molar-refractivity contribution in [2.24, 2.45) is 0 Å². The van der Waals surface area contributed by atoms with Gasteiger partial charge < -0.3 is 4.74 Å². The van der Waals surface area contributed by atoms with Crippen molar-refractivity contribution in [3.05, 3.63) is 52.6 Å². The summed E-state index contributed by atoms with van der Waals surface area (Å²) >= 11 is 0. The minimum atomic E-state index is -0.331. The van der Waals surface area contributed by atoms with E-state index in [0.29, 0.717) is 0 Å². The van der Waals surface area contributed by atoms with E-state index in [9.17, 15) is 14.9 Å². The second kappa shape index (κ2) is 18.4. The molecule has 32 heavy (non-hydrogen) atoms. The Hall–Kier alpha value is -2.17. The van der Waals surface area contributed by atoms with Crippen LogP contribution in [0.4, 0.5) is 5.69 Å². The van der Waals surface area contributed by atoms with Crippen LogP contribution in [0, 0.1) is 10.1 Å². The number of aryl methyl sites for hydroxylation is 1. The van der Waals surface area contributed by atoms with Gasteiger partial charge in [-0.1, -0.05) is 89.8 Å². The Morgan fingerprint density at radius 3 is 2.09 bits per heavy atom. The van der Waals surface area contributed by atoms with Crippen LogP contribution in [0.2, 0.25) is 0 Å². The van der Waals surface area contributed by atoms with Crippen LogP contribution in [-0.4, -0.2) is 17.0 Å². The molecule has 0 aliphatic heterocycles. The van der Waals surface area contributed by atoms with E-state index in [1.54, 1.807) is 18.2 Å². The molecule has 5 heteroatoms. The van der Waals surface area contributed by atoms with E-state index in [-0.39, 0.29) is 22.7 Å². The van der Waals surface area contributed by atoms with E-state index in [1.165, 1.54) is 70.3 Å². The fourth-order valence-electron chi connectivity index (χ4n) is 4.04. The first kappa shape index (κ1) is 27.9. The number of rotatable bonds is 20. The highest BCUT2D eigenvalue weighted by Gasteiger charge is 2.12. The lowest BCUT2D eigenvalue weighted by Gasteiger charge is -2.17. The third-order valence-corrected chi connectivity index (χ3v) is 5.94. The van der Waals surface area contributed by atoms with Crippen LogP contribution in [-0.2, 0) is 16.0 Å². The van der Waals surface area contributed by atoms with Crippen LogP contribution in [0.3, 0.4) is 0 Å². The first-order valence-electron chi connectivity index (χ1n) is 12.6. The van der Waals surface area contributed by atoms with E-state index >= 15 is 0 Å². The van der Waals surface area contributed by atoms with Crippen LogP contribution in [0.1, 0.15) is 109 Å². The van der Waals surface area contributed by atoms with Crippen molar-refractivity contribution in [2.75, 3.05) is 0 Å². The van der Waals surface area contributed by atoms with E-state index in [4.69, 9.17) is 4.74 Å². The first-order chi connectivity index (χ1) is 15.6. The molecule has 0 aliphatic carbocycles. The lowest BCUT2D eigenvalue weighted by Crippen LogP contribution is -2.16. The number of carbonyl (C=O) groups excluding carboxylic acids is 1. The number of esters is 1. The number of unbranched alkanes of at least 4 members (excludes halogenated alkanes) is 11. The Morgan fingerprint density at radius 1 is 0.969 bits per heavy atom. The third-order valence-electron chi connectivity index (χ3n) is 5.94. The SMILES string of the molecule is C=CC(=O)OC(CCCCCCC)CCCCCCCCCCc1cccc([N+](=O)[O-])c1. The lowest BCUT2D eigenvalue weighted by molar-refractivity contribution is -0.384. The zero-order valence-electron chi connectivity index (χ0n) is 20.1. The van der Waals surface area contributed by atoms with Gasteiger partial charge in [0.25, 0.3) is 5.69 Å². The van der Waals surface area contributed by atoms with Gasteiger partial charge in [-0.15, -0.1) is 0 Å². The molecular weight excluding hydrogens is 402 g/mol. The quantitative estimate of drug-likeness (QED) is 0.0668. The van der Waals surface area contributed by atoms with Crippen molar-refractivity contribution < 1.29 is 14.5 Å². The minimum absolute atomic E-state index is 0.0379. The number of ether oxygens (including phenoxy) is 1. The zero-order chi connectivity index (χ0) is 23.4. The van der Waals surface area contributed by atoms with Gasteiger partial charge in [-0.05, 0) is 44.1 Å².